The van der Waals surface area contributed by atoms with Crippen LogP contribution in [0.15, 0.2) is 41.1 Å². The summed E-state index contributed by atoms with van der Waals surface area (Å²) < 4.78 is 17.9. The molecule has 3 rings (SSSR count). The third-order valence-electron chi connectivity index (χ3n) is 4.34. The van der Waals surface area contributed by atoms with Gasteiger partial charge < -0.3 is 14.7 Å². The summed E-state index contributed by atoms with van der Waals surface area (Å²) in [5, 5.41) is 6.86. The number of nitrogens with zero attached hydrogens (tertiary/aromatic N) is 3. The van der Waals surface area contributed by atoms with Crippen molar-refractivity contribution in [2.24, 2.45) is 0 Å². The monoisotopic (exact) mass is 346 g/mol. The van der Waals surface area contributed by atoms with Gasteiger partial charge in [0, 0.05) is 45.3 Å². The number of amides is 2. The van der Waals surface area contributed by atoms with Gasteiger partial charge in [-0.05, 0) is 30.5 Å². The van der Waals surface area contributed by atoms with Crippen molar-refractivity contribution in [1.29, 1.82) is 0 Å². The van der Waals surface area contributed by atoms with Crippen LogP contribution in [0.4, 0.5) is 9.18 Å². The first-order valence-corrected chi connectivity index (χ1v) is 8.59. The third-order valence-corrected chi connectivity index (χ3v) is 4.34. The van der Waals surface area contributed by atoms with Gasteiger partial charge in [0.25, 0.3) is 0 Å². The number of nitrogens with one attached hydrogen (secondary N) is 1. The molecule has 25 heavy (non-hydrogen) atoms. The lowest BCUT2D eigenvalue weighted by Crippen LogP contribution is -2.51. The second-order valence-corrected chi connectivity index (χ2v) is 6.22. The maximum atomic E-state index is 13.1. The van der Waals surface area contributed by atoms with Gasteiger partial charge in [-0.15, -0.1) is 0 Å². The predicted molar refractivity (Wildman–Crippen MR) is 91.5 cm³/mol. The maximum absolute atomic E-state index is 13.1. The van der Waals surface area contributed by atoms with Gasteiger partial charge in [0.1, 0.15) is 12.1 Å². The summed E-state index contributed by atoms with van der Waals surface area (Å²) in [6.45, 7) is 4.39. The number of piperazine rings is 1. The molecule has 1 N–H and O–H groups in total. The van der Waals surface area contributed by atoms with Gasteiger partial charge in [-0.25, -0.2) is 9.18 Å². The molecule has 1 fully saturated rings. The van der Waals surface area contributed by atoms with E-state index in [-0.39, 0.29) is 11.8 Å². The van der Waals surface area contributed by atoms with Crippen molar-refractivity contribution in [2.45, 2.75) is 19.4 Å². The Hall–Kier alpha value is -2.41. The van der Waals surface area contributed by atoms with Gasteiger partial charge in [0.05, 0.1) is 5.69 Å². The molecule has 0 bridgehead atoms. The zero-order valence-corrected chi connectivity index (χ0v) is 14.2. The lowest BCUT2D eigenvalue weighted by molar-refractivity contribution is 0.133. The summed E-state index contributed by atoms with van der Waals surface area (Å²) in [6.07, 6.45) is 3.12. The van der Waals surface area contributed by atoms with Gasteiger partial charge in [-0.3, -0.25) is 4.90 Å². The Morgan fingerprint density at radius 3 is 2.80 bits per heavy atom. The minimum atomic E-state index is -0.218. The van der Waals surface area contributed by atoms with Crippen molar-refractivity contribution in [3.05, 3.63) is 53.7 Å². The van der Waals surface area contributed by atoms with E-state index >= 15 is 0 Å². The molecule has 2 amide bonds. The molecule has 1 aromatic heterocycles. The Morgan fingerprint density at radius 2 is 2.08 bits per heavy atom. The summed E-state index contributed by atoms with van der Waals surface area (Å²) in [5.41, 5.74) is 1.87. The highest BCUT2D eigenvalue weighted by Crippen LogP contribution is 2.08. The van der Waals surface area contributed by atoms with E-state index in [1.165, 1.54) is 12.1 Å². The third kappa shape index (κ3) is 5.29. The molecule has 1 aliphatic rings. The summed E-state index contributed by atoms with van der Waals surface area (Å²) >= 11 is 0. The van der Waals surface area contributed by atoms with Crippen LogP contribution in [0.1, 0.15) is 17.7 Å². The summed E-state index contributed by atoms with van der Waals surface area (Å²) in [5.74, 6) is -0.218. The van der Waals surface area contributed by atoms with Crippen LogP contribution in [0.25, 0.3) is 0 Å². The first kappa shape index (κ1) is 17.4. The number of urea groups is 1. The Balaban J connectivity index is 1.32. The average molecular weight is 346 g/mol. The normalized spacial score (nSPS) is 15.3. The van der Waals surface area contributed by atoms with Crippen molar-refractivity contribution >= 4 is 6.03 Å². The van der Waals surface area contributed by atoms with E-state index in [1.54, 1.807) is 12.3 Å². The molecule has 1 aromatic carbocycles. The predicted octanol–water partition coefficient (Wildman–Crippen LogP) is 2.27. The molecule has 134 valence electrons. The average Bonchev–Trinajstić information content (AvgIpc) is 3.12. The zero-order chi connectivity index (χ0) is 17.5. The molecule has 0 atom stereocenters. The van der Waals surface area contributed by atoms with Crippen LogP contribution in [-0.4, -0.2) is 53.7 Å². The van der Waals surface area contributed by atoms with Crippen LogP contribution in [0.2, 0.25) is 0 Å². The first-order chi connectivity index (χ1) is 12.2. The number of hydrogen-bond donors (Lipinski definition) is 1. The molecule has 0 unspecified atom stereocenters. The van der Waals surface area contributed by atoms with Crippen LogP contribution in [-0.2, 0) is 13.0 Å². The number of carbonyl (C=O) groups excluding carboxylic acids is 1. The molecular weight excluding hydrogens is 323 g/mol. The molecule has 1 aliphatic heterocycles. The fourth-order valence-electron chi connectivity index (χ4n) is 2.95. The second-order valence-electron chi connectivity index (χ2n) is 6.22. The molecule has 0 saturated carbocycles. The molecule has 1 saturated heterocycles. The number of halogens is 1. The molecular formula is C18H23FN4O2. The van der Waals surface area contributed by atoms with Crippen molar-refractivity contribution in [3.63, 3.8) is 0 Å². The number of benzene rings is 1. The Morgan fingerprint density at radius 1 is 1.24 bits per heavy atom. The molecule has 2 aromatic rings. The van der Waals surface area contributed by atoms with Gasteiger partial charge >= 0.3 is 6.03 Å². The highest BCUT2D eigenvalue weighted by Gasteiger charge is 2.21. The van der Waals surface area contributed by atoms with Gasteiger partial charge in [0.2, 0.25) is 0 Å². The molecule has 0 spiro atoms. The number of hydrogen-bond acceptors (Lipinski definition) is 4. The standard InChI is InChI=1S/C18H23FN4O2/c19-16-5-1-3-15(13-16)4-2-7-20-18(24)23-10-8-22(9-11-23)14-17-6-12-25-21-17/h1,3,5-6,12-13H,2,4,7-11,14H2,(H,20,24). The van der Waals surface area contributed by atoms with Crippen LogP contribution in [0.3, 0.4) is 0 Å². The van der Waals surface area contributed by atoms with E-state index in [1.807, 2.05) is 17.0 Å². The fraction of sp³-hybridized carbons (Fsp3) is 0.444. The molecule has 6 nitrogen and oxygen atoms in total. The van der Waals surface area contributed by atoms with E-state index in [2.05, 4.69) is 15.4 Å². The van der Waals surface area contributed by atoms with E-state index < -0.39 is 0 Å². The van der Waals surface area contributed by atoms with Crippen LogP contribution < -0.4 is 5.32 Å². The highest BCUT2D eigenvalue weighted by atomic mass is 19.1. The van der Waals surface area contributed by atoms with E-state index in [0.717, 1.165) is 43.7 Å². The Bertz CT molecular complexity index is 669. The summed E-state index contributed by atoms with van der Waals surface area (Å²) in [6, 6.07) is 8.42. The van der Waals surface area contributed by atoms with E-state index in [9.17, 15) is 9.18 Å². The Labute approximate surface area is 146 Å². The number of aryl methyl sites for hydroxylation is 1. The van der Waals surface area contributed by atoms with Crippen LogP contribution in [0.5, 0.6) is 0 Å². The smallest absolute Gasteiger partial charge is 0.317 e. The van der Waals surface area contributed by atoms with Crippen molar-refractivity contribution in [1.82, 2.24) is 20.3 Å². The van der Waals surface area contributed by atoms with Gasteiger partial charge in [-0.1, -0.05) is 17.3 Å². The van der Waals surface area contributed by atoms with Crippen LogP contribution in [0, 0.1) is 5.82 Å². The van der Waals surface area contributed by atoms with Crippen molar-refractivity contribution < 1.29 is 13.7 Å². The minimum Gasteiger partial charge on any atom is -0.364 e. The molecule has 2 heterocycles. The van der Waals surface area contributed by atoms with Crippen LogP contribution >= 0.6 is 0 Å². The number of rotatable bonds is 6. The number of aromatic nitrogens is 1. The van der Waals surface area contributed by atoms with E-state index in [0.29, 0.717) is 19.6 Å². The SMILES string of the molecule is O=C(NCCCc1cccc(F)c1)N1CCN(Cc2ccon2)CC1. The highest BCUT2D eigenvalue weighted by molar-refractivity contribution is 5.74. The summed E-state index contributed by atoms with van der Waals surface area (Å²) in [7, 11) is 0. The Kier molecular flexibility index (Phi) is 6.00. The van der Waals surface area contributed by atoms with Gasteiger partial charge in [-0.2, -0.15) is 0 Å². The van der Waals surface area contributed by atoms with E-state index in [4.69, 9.17) is 4.52 Å². The molecule has 0 radical (unpaired) electrons. The first-order valence-electron chi connectivity index (χ1n) is 8.59. The largest absolute Gasteiger partial charge is 0.364 e. The topological polar surface area (TPSA) is 61.6 Å². The number of carbonyl (C=O) groups is 1. The van der Waals surface area contributed by atoms with Gasteiger partial charge in [0.15, 0.2) is 0 Å². The molecule has 7 heteroatoms. The maximum Gasteiger partial charge on any atom is 0.317 e. The lowest BCUT2D eigenvalue weighted by atomic mass is 10.1. The molecule has 0 aliphatic carbocycles. The van der Waals surface area contributed by atoms with Crippen molar-refractivity contribution in [2.75, 3.05) is 32.7 Å². The fourth-order valence-corrected chi connectivity index (χ4v) is 2.95. The van der Waals surface area contributed by atoms with Crippen molar-refractivity contribution in [3.8, 4) is 0 Å². The summed E-state index contributed by atoms with van der Waals surface area (Å²) in [4.78, 5) is 16.3. The second kappa shape index (κ2) is 8.62. The minimum absolute atomic E-state index is 0.0275. The quantitative estimate of drug-likeness (QED) is 0.815. The lowest BCUT2D eigenvalue weighted by Gasteiger charge is -2.34. The zero-order valence-electron chi connectivity index (χ0n) is 14.2.